The van der Waals surface area contributed by atoms with Gasteiger partial charge in [-0.1, -0.05) is 26.0 Å². The van der Waals surface area contributed by atoms with Crippen molar-refractivity contribution < 1.29 is 23.8 Å². The van der Waals surface area contributed by atoms with Crippen LogP contribution in [0.15, 0.2) is 53.7 Å². The molecule has 8 heteroatoms. The molecule has 0 saturated heterocycles. The van der Waals surface area contributed by atoms with Crippen LogP contribution in [-0.4, -0.2) is 52.7 Å². The fourth-order valence-corrected chi connectivity index (χ4v) is 5.10. The summed E-state index contributed by atoms with van der Waals surface area (Å²) in [6, 6.07) is 12.9. The summed E-state index contributed by atoms with van der Waals surface area (Å²) in [6.07, 6.45) is 1.14. The average molecular weight is 494 g/mol. The molecule has 2 aromatic rings. The number of ether oxygens (including phenoxy) is 3. The fourth-order valence-electron chi connectivity index (χ4n) is 5.10. The molecule has 1 aliphatic carbocycles. The van der Waals surface area contributed by atoms with Gasteiger partial charge in [0.1, 0.15) is 11.5 Å². The molecule has 8 nitrogen and oxygen atoms in total. The van der Waals surface area contributed by atoms with E-state index in [0.29, 0.717) is 43.1 Å². The topological polar surface area (TPSA) is 89.1 Å². The van der Waals surface area contributed by atoms with Crippen LogP contribution in [0, 0.1) is 5.41 Å². The number of fused-ring (bicyclic) bond motifs is 1. The number of para-hydroxylation sites is 2. The summed E-state index contributed by atoms with van der Waals surface area (Å²) in [6.45, 7) is 5.09. The van der Waals surface area contributed by atoms with Crippen LogP contribution in [0.2, 0.25) is 0 Å². The average Bonchev–Trinajstić information content (AvgIpc) is 2.97. The summed E-state index contributed by atoms with van der Waals surface area (Å²) in [4.78, 5) is 28.9. The summed E-state index contributed by atoms with van der Waals surface area (Å²) in [5, 5.41) is 6.48. The molecule has 0 radical (unpaired) electrons. The molecule has 0 saturated carbocycles. The first-order valence-electron chi connectivity index (χ1n) is 12.1. The van der Waals surface area contributed by atoms with E-state index in [1.807, 2.05) is 47.4 Å². The maximum atomic E-state index is 13.8. The van der Waals surface area contributed by atoms with Gasteiger partial charge in [0.2, 0.25) is 5.91 Å². The molecule has 0 fully saturated rings. The van der Waals surface area contributed by atoms with E-state index in [-0.39, 0.29) is 23.7 Å². The predicted octanol–water partition coefficient (Wildman–Crippen LogP) is 4.08. The number of ketones is 1. The third kappa shape index (κ3) is 5.18. The van der Waals surface area contributed by atoms with Crippen molar-refractivity contribution in [1.29, 1.82) is 0 Å². The van der Waals surface area contributed by atoms with Crippen LogP contribution in [0.5, 0.6) is 11.5 Å². The highest BCUT2D eigenvalue weighted by Crippen LogP contribution is 2.49. The molecule has 36 heavy (non-hydrogen) atoms. The Hall–Kier alpha value is -3.52. The van der Waals surface area contributed by atoms with Crippen LogP contribution >= 0.6 is 0 Å². The van der Waals surface area contributed by atoms with Gasteiger partial charge in [0.15, 0.2) is 5.78 Å². The third-order valence-electron chi connectivity index (χ3n) is 6.68. The van der Waals surface area contributed by atoms with Gasteiger partial charge in [0.05, 0.1) is 44.8 Å². The van der Waals surface area contributed by atoms with Gasteiger partial charge >= 0.3 is 0 Å². The van der Waals surface area contributed by atoms with Gasteiger partial charge in [0.25, 0.3) is 0 Å². The van der Waals surface area contributed by atoms with E-state index < -0.39 is 6.04 Å². The lowest BCUT2D eigenvalue weighted by Crippen LogP contribution is -2.42. The number of anilines is 2. The smallest absolute Gasteiger partial charge is 0.239 e. The zero-order chi connectivity index (χ0) is 25.9. The van der Waals surface area contributed by atoms with Crippen LogP contribution in [0.25, 0.3) is 0 Å². The van der Waals surface area contributed by atoms with Gasteiger partial charge in [-0.2, -0.15) is 0 Å². The van der Waals surface area contributed by atoms with Gasteiger partial charge in [-0.25, -0.2) is 0 Å². The Morgan fingerprint density at radius 2 is 1.89 bits per heavy atom. The number of hydrogen-bond donors (Lipinski definition) is 2. The lowest BCUT2D eigenvalue weighted by molar-refractivity contribution is -0.121. The first-order valence-corrected chi connectivity index (χ1v) is 12.1. The van der Waals surface area contributed by atoms with Crippen molar-refractivity contribution in [2.24, 2.45) is 5.41 Å². The summed E-state index contributed by atoms with van der Waals surface area (Å²) in [5.74, 6) is 1.14. The molecular formula is C28H35N3O5. The van der Waals surface area contributed by atoms with E-state index in [0.717, 1.165) is 22.6 Å². The monoisotopic (exact) mass is 493 g/mol. The van der Waals surface area contributed by atoms with Gasteiger partial charge < -0.3 is 29.7 Å². The molecule has 1 amide bonds. The maximum absolute atomic E-state index is 13.8. The Kier molecular flexibility index (Phi) is 7.54. The number of nitrogens with one attached hydrogen (secondary N) is 2. The number of hydrogen-bond acceptors (Lipinski definition) is 7. The Balaban J connectivity index is 1.91. The van der Waals surface area contributed by atoms with E-state index in [1.165, 1.54) is 0 Å². The molecule has 0 bridgehead atoms. The summed E-state index contributed by atoms with van der Waals surface area (Å²) < 4.78 is 16.3. The van der Waals surface area contributed by atoms with Crippen molar-refractivity contribution >= 4 is 23.1 Å². The van der Waals surface area contributed by atoms with Crippen LogP contribution in [-0.2, 0) is 14.3 Å². The predicted molar refractivity (Wildman–Crippen MR) is 140 cm³/mol. The second kappa shape index (κ2) is 10.6. The number of carbonyl (C=O) groups excluding carboxylic acids is 2. The number of amides is 1. The highest BCUT2D eigenvalue weighted by Gasteiger charge is 2.42. The molecule has 192 valence electrons. The van der Waals surface area contributed by atoms with Gasteiger partial charge in [0, 0.05) is 43.0 Å². The molecule has 2 N–H and O–H groups in total. The van der Waals surface area contributed by atoms with Crippen molar-refractivity contribution in [2.75, 3.05) is 51.2 Å². The molecule has 4 rings (SSSR count). The summed E-state index contributed by atoms with van der Waals surface area (Å²) in [5.41, 5.74) is 3.85. The largest absolute Gasteiger partial charge is 0.497 e. The Morgan fingerprint density at radius 1 is 1.11 bits per heavy atom. The lowest BCUT2D eigenvalue weighted by atomic mass is 9.73. The van der Waals surface area contributed by atoms with E-state index in [1.54, 1.807) is 21.3 Å². The zero-order valence-corrected chi connectivity index (χ0v) is 21.6. The molecule has 1 atom stereocenters. The lowest BCUT2D eigenvalue weighted by Gasteiger charge is -2.38. The molecule has 0 aromatic heterocycles. The molecular weight excluding hydrogens is 458 g/mol. The molecule has 2 aliphatic rings. The number of allylic oxidation sites excluding steroid dienone is 1. The van der Waals surface area contributed by atoms with E-state index in [2.05, 4.69) is 24.5 Å². The Bertz CT molecular complexity index is 1170. The standard InChI is InChI=1S/C28H35N3O5/c1-28(2)15-21-26(23(32)16-28)27(19-11-10-18(35-4)14-24(19)36-5)31(17-25(33)29-12-13-34-3)22-9-7-6-8-20(22)30-21/h6-11,14,27,30H,12-13,15-17H2,1-5H3,(H,29,33). The van der Waals surface area contributed by atoms with Crippen LogP contribution < -0.4 is 25.0 Å². The van der Waals surface area contributed by atoms with Crippen LogP contribution in [0.1, 0.15) is 38.3 Å². The van der Waals surface area contributed by atoms with E-state index in [9.17, 15) is 9.59 Å². The molecule has 2 aromatic carbocycles. The molecule has 0 spiro atoms. The Morgan fingerprint density at radius 3 is 2.61 bits per heavy atom. The van der Waals surface area contributed by atoms with Gasteiger partial charge in [-0.3, -0.25) is 9.59 Å². The second-order valence-electron chi connectivity index (χ2n) is 9.96. The molecule has 1 heterocycles. The van der Waals surface area contributed by atoms with E-state index >= 15 is 0 Å². The van der Waals surface area contributed by atoms with Crippen LogP contribution in [0.4, 0.5) is 11.4 Å². The number of nitrogens with zero attached hydrogens (tertiary/aromatic N) is 1. The minimum Gasteiger partial charge on any atom is -0.497 e. The van der Waals surface area contributed by atoms with E-state index in [4.69, 9.17) is 14.2 Å². The number of carbonyl (C=O) groups is 2. The SMILES string of the molecule is COCCNC(=O)CN1c2ccccc2NC2=C(C(=O)CC(C)(C)C2)C1c1ccc(OC)cc1OC. The second-order valence-corrected chi connectivity index (χ2v) is 9.96. The van der Waals surface area contributed by atoms with Gasteiger partial charge in [-0.15, -0.1) is 0 Å². The summed E-state index contributed by atoms with van der Waals surface area (Å²) >= 11 is 0. The Labute approximate surface area is 212 Å². The minimum atomic E-state index is -0.534. The van der Waals surface area contributed by atoms with Gasteiger partial charge in [-0.05, 0) is 36.1 Å². The first kappa shape index (κ1) is 25.6. The highest BCUT2D eigenvalue weighted by atomic mass is 16.5. The first-order chi connectivity index (χ1) is 17.3. The minimum absolute atomic E-state index is 0.0513. The number of benzene rings is 2. The summed E-state index contributed by atoms with van der Waals surface area (Å²) in [7, 11) is 4.80. The van der Waals surface area contributed by atoms with Crippen molar-refractivity contribution in [1.82, 2.24) is 5.32 Å². The number of Topliss-reactive ketones (excluding diaryl/α,β-unsaturated/α-hetero) is 1. The normalized spacial score (nSPS) is 18.5. The zero-order valence-electron chi connectivity index (χ0n) is 21.6. The fraction of sp³-hybridized carbons (Fsp3) is 0.429. The third-order valence-corrected chi connectivity index (χ3v) is 6.68. The van der Waals surface area contributed by atoms with Crippen molar-refractivity contribution in [3.05, 3.63) is 59.3 Å². The number of methoxy groups -OCH3 is 3. The van der Waals surface area contributed by atoms with Crippen molar-refractivity contribution in [3.63, 3.8) is 0 Å². The highest BCUT2D eigenvalue weighted by molar-refractivity contribution is 6.02. The number of rotatable bonds is 8. The molecule has 1 unspecified atom stereocenters. The quantitative estimate of drug-likeness (QED) is 0.536. The van der Waals surface area contributed by atoms with Crippen molar-refractivity contribution in [3.8, 4) is 11.5 Å². The van der Waals surface area contributed by atoms with Crippen molar-refractivity contribution in [2.45, 2.75) is 32.7 Å². The molecule has 1 aliphatic heterocycles. The maximum Gasteiger partial charge on any atom is 0.239 e. The van der Waals surface area contributed by atoms with Crippen LogP contribution in [0.3, 0.4) is 0 Å².